The van der Waals surface area contributed by atoms with E-state index in [0.29, 0.717) is 0 Å². The standard InChI is InChI=1S/C32H32N2Si/c1-3-11-27(12-4-1)35(28-13-5-2-6-14-28)31-17-15-25(33-19-7-8-20-33)23-29(31)30-24-26(16-18-32(30)35)34-21-9-10-22-34/h1-6,11-18,23-24H,7-10,19-22H2. The van der Waals surface area contributed by atoms with E-state index in [4.69, 9.17) is 0 Å². The van der Waals surface area contributed by atoms with E-state index in [-0.39, 0.29) is 0 Å². The fraction of sp³-hybridized carbons (Fsp3) is 0.250. The van der Waals surface area contributed by atoms with Crippen LogP contribution in [0.1, 0.15) is 25.7 Å². The molecule has 174 valence electrons. The fourth-order valence-corrected chi connectivity index (χ4v) is 12.0. The van der Waals surface area contributed by atoms with Crippen molar-refractivity contribution in [3.8, 4) is 11.1 Å². The number of nitrogens with zero attached hydrogens (tertiary/aromatic N) is 2. The quantitative estimate of drug-likeness (QED) is 0.361. The second-order valence-corrected chi connectivity index (χ2v) is 14.1. The molecule has 7 rings (SSSR count). The number of rotatable bonds is 4. The maximum Gasteiger partial charge on any atom is 0.180 e. The van der Waals surface area contributed by atoms with Gasteiger partial charge in [-0.1, -0.05) is 72.8 Å². The van der Waals surface area contributed by atoms with Crippen molar-refractivity contribution >= 4 is 40.2 Å². The Labute approximate surface area is 209 Å². The lowest BCUT2D eigenvalue weighted by atomic mass is 10.0. The van der Waals surface area contributed by atoms with Gasteiger partial charge in [0, 0.05) is 37.6 Å². The first-order valence-electron chi connectivity index (χ1n) is 13.3. The van der Waals surface area contributed by atoms with Crippen molar-refractivity contribution in [1.29, 1.82) is 0 Å². The van der Waals surface area contributed by atoms with E-state index in [9.17, 15) is 0 Å². The van der Waals surface area contributed by atoms with Crippen LogP contribution in [0.15, 0.2) is 97.1 Å². The summed E-state index contributed by atoms with van der Waals surface area (Å²) in [6.45, 7) is 4.72. The Kier molecular flexibility index (Phi) is 5.06. The highest BCUT2D eigenvalue weighted by Crippen LogP contribution is 2.35. The summed E-state index contributed by atoms with van der Waals surface area (Å²) in [7, 11) is -2.39. The van der Waals surface area contributed by atoms with Crippen LogP contribution in [0.2, 0.25) is 0 Å². The van der Waals surface area contributed by atoms with Crippen LogP contribution in [0.25, 0.3) is 11.1 Å². The van der Waals surface area contributed by atoms with Crippen molar-refractivity contribution in [2.24, 2.45) is 0 Å². The second kappa shape index (κ2) is 8.42. The molecule has 0 aliphatic carbocycles. The molecule has 0 atom stereocenters. The third-order valence-electron chi connectivity index (χ3n) is 8.46. The molecule has 2 nitrogen and oxygen atoms in total. The van der Waals surface area contributed by atoms with Gasteiger partial charge in [0.15, 0.2) is 8.07 Å². The van der Waals surface area contributed by atoms with E-state index >= 15 is 0 Å². The molecule has 2 fully saturated rings. The first-order valence-corrected chi connectivity index (χ1v) is 15.3. The molecule has 0 spiro atoms. The molecular formula is C32H32N2Si. The predicted molar refractivity (Wildman–Crippen MR) is 152 cm³/mol. The van der Waals surface area contributed by atoms with Crippen molar-refractivity contribution in [3.05, 3.63) is 97.1 Å². The van der Waals surface area contributed by atoms with E-state index in [2.05, 4.69) is 107 Å². The highest BCUT2D eigenvalue weighted by Gasteiger charge is 2.48. The molecule has 35 heavy (non-hydrogen) atoms. The SMILES string of the molecule is c1ccc([Si]2(c3ccccc3)c3ccc(N4CCCC4)cc3-c3cc(N4CCCC4)ccc32)cc1. The van der Waals surface area contributed by atoms with Crippen LogP contribution in [-0.2, 0) is 0 Å². The average Bonchev–Trinajstić information content (AvgIpc) is 3.70. The largest absolute Gasteiger partial charge is 0.372 e. The smallest absolute Gasteiger partial charge is 0.180 e. The third-order valence-corrected chi connectivity index (χ3v) is 13.3. The van der Waals surface area contributed by atoms with Crippen LogP contribution < -0.4 is 30.5 Å². The third kappa shape index (κ3) is 3.21. The molecule has 2 saturated heterocycles. The lowest BCUT2D eigenvalue weighted by Crippen LogP contribution is -2.72. The number of anilines is 2. The van der Waals surface area contributed by atoms with Gasteiger partial charge < -0.3 is 9.80 Å². The molecule has 0 aromatic heterocycles. The summed E-state index contributed by atoms with van der Waals surface area (Å²) >= 11 is 0. The first-order chi connectivity index (χ1) is 17.4. The van der Waals surface area contributed by atoms with Gasteiger partial charge in [0.25, 0.3) is 0 Å². The van der Waals surface area contributed by atoms with Gasteiger partial charge in [0.1, 0.15) is 0 Å². The molecule has 4 aromatic carbocycles. The van der Waals surface area contributed by atoms with E-state index in [0.717, 1.165) is 0 Å². The summed E-state index contributed by atoms with van der Waals surface area (Å²) in [5.41, 5.74) is 5.71. The molecule has 0 bridgehead atoms. The van der Waals surface area contributed by atoms with Crippen LogP contribution in [0, 0.1) is 0 Å². The maximum absolute atomic E-state index is 2.58. The van der Waals surface area contributed by atoms with Crippen molar-refractivity contribution in [3.63, 3.8) is 0 Å². The Hall–Kier alpha value is -3.30. The van der Waals surface area contributed by atoms with Crippen molar-refractivity contribution < 1.29 is 0 Å². The lowest BCUT2D eigenvalue weighted by molar-refractivity contribution is 0.949. The number of hydrogen-bond donors (Lipinski definition) is 0. The Morgan fingerprint density at radius 1 is 0.457 bits per heavy atom. The van der Waals surface area contributed by atoms with E-state index < -0.39 is 8.07 Å². The molecule has 0 unspecified atom stereocenters. The molecule has 3 heteroatoms. The summed E-state index contributed by atoms with van der Waals surface area (Å²) < 4.78 is 0. The van der Waals surface area contributed by atoms with Crippen LogP contribution >= 0.6 is 0 Å². The second-order valence-electron chi connectivity index (χ2n) is 10.3. The van der Waals surface area contributed by atoms with E-state index in [1.165, 1.54) is 84.7 Å². The minimum atomic E-state index is -2.39. The minimum Gasteiger partial charge on any atom is -0.372 e. The molecule has 3 heterocycles. The summed E-state index contributed by atoms with van der Waals surface area (Å²) in [4.78, 5) is 5.16. The first kappa shape index (κ1) is 21.0. The zero-order chi connectivity index (χ0) is 23.2. The predicted octanol–water partition coefficient (Wildman–Crippen LogP) is 4.24. The van der Waals surface area contributed by atoms with E-state index in [1.807, 2.05) is 0 Å². The van der Waals surface area contributed by atoms with Gasteiger partial charge in [-0.2, -0.15) is 0 Å². The Morgan fingerprint density at radius 2 is 0.857 bits per heavy atom. The molecule has 3 aliphatic rings. The molecule has 0 amide bonds. The summed E-state index contributed by atoms with van der Waals surface area (Å²) in [5, 5.41) is 6.06. The molecule has 0 radical (unpaired) electrons. The monoisotopic (exact) mass is 472 g/mol. The summed E-state index contributed by atoms with van der Waals surface area (Å²) in [6, 6.07) is 37.5. The topological polar surface area (TPSA) is 6.48 Å². The van der Waals surface area contributed by atoms with Gasteiger partial charge in [0.05, 0.1) is 0 Å². The van der Waals surface area contributed by atoms with Gasteiger partial charge in [-0.15, -0.1) is 0 Å². The van der Waals surface area contributed by atoms with Gasteiger partial charge >= 0.3 is 0 Å². The summed E-state index contributed by atoms with van der Waals surface area (Å²) in [5.74, 6) is 0. The lowest BCUT2D eigenvalue weighted by Gasteiger charge is -2.31. The Morgan fingerprint density at radius 3 is 1.26 bits per heavy atom. The van der Waals surface area contributed by atoms with Gasteiger partial charge in [-0.3, -0.25) is 0 Å². The summed E-state index contributed by atoms with van der Waals surface area (Å²) in [6.07, 6.45) is 5.22. The number of hydrogen-bond acceptors (Lipinski definition) is 2. The number of benzene rings is 4. The van der Waals surface area contributed by atoms with E-state index in [1.54, 1.807) is 10.4 Å². The van der Waals surface area contributed by atoms with Crippen molar-refractivity contribution in [1.82, 2.24) is 0 Å². The van der Waals surface area contributed by atoms with Crippen LogP contribution in [-0.4, -0.2) is 34.3 Å². The van der Waals surface area contributed by atoms with Gasteiger partial charge in [-0.25, -0.2) is 0 Å². The van der Waals surface area contributed by atoms with Crippen LogP contribution in [0.5, 0.6) is 0 Å². The maximum atomic E-state index is 2.58. The van der Waals surface area contributed by atoms with Crippen LogP contribution in [0.4, 0.5) is 11.4 Å². The Balaban J connectivity index is 1.53. The molecule has 3 aliphatic heterocycles. The van der Waals surface area contributed by atoms with Crippen molar-refractivity contribution in [2.45, 2.75) is 25.7 Å². The zero-order valence-electron chi connectivity index (χ0n) is 20.3. The highest BCUT2D eigenvalue weighted by atomic mass is 28.3. The normalized spacial score (nSPS) is 18.1. The fourth-order valence-electron chi connectivity index (χ4n) is 6.82. The molecule has 0 saturated carbocycles. The number of fused-ring (bicyclic) bond motifs is 3. The molecule has 4 aromatic rings. The minimum absolute atomic E-state index is 1.18. The Bertz CT molecular complexity index is 1250. The van der Waals surface area contributed by atoms with Crippen LogP contribution in [0.3, 0.4) is 0 Å². The van der Waals surface area contributed by atoms with Crippen molar-refractivity contribution in [2.75, 3.05) is 36.0 Å². The zero-order valence-corrected chi connectivity index (χ0v) is 21.3. The molecular weight excluding hydrogens is 440 g/mol. The average molecular weight is 473 g/mol. The molecule has 0 N–H and O–H groups in total. The van der Waals surface area contributed by atoms with Gasteiger partial charge in [0.2, 0.25) is 0 Å². The highest BCUT2D eigenvalue weighted by molar-refractivity contribution is 7.22. The van der Waals surface area contributed by atoms with Gasteiger partial charge in [-0.05, 0) is 81.8 Å².